The summed E-state index contributed by atoms with van der Waals surface area (Å²) in [5.74, 6) is -0.283. The molecule has 1 aromatic carbocycles. The van der Waals surface area contributed by atoms with Gasteiger partial charge in [0.2, 0.25) is 5.91 Å². The maximum atomic E-state index is 13.3. The first-order valence-electron chi connectivity index (χ1n) is 5.32. The Bertz CT molecular complexity index is 360. The van der Waals surface area contributed by atoms with Gasteiger partial charge in [-0.05, 0) is 19.0 Å². The molecule has 0 unspecified atom stereocenters. The van der Waals surface area contributed by atoms with Crippen LogP contribution in [0.4, 0.5) is 4.39 Å². The molecule has 1 rings (SSSR count). The van der Waals surface area contributed by atoms with Gasteiger partial charge in [-0.3, -0.25) is 4.79 Å². The van der Waals surface area contributed by atoms with Crippen molar-refractivity contribution in [3.8, 4) is 0 Å². The van der Waals surface area contributed by atoms with Crippen LogP contribution in [0.25, 0.3) is 0 Å². The van der Waals surface area contributed by atoms with Crippen LogP contribution in [0.3, 0.4) is 0 Å². The Hall–Kier alpha value is -1.13. The van der Waals surface area contributed by atoms with E-state index in [2.05, 4.69) is 0 Å². The lowest BCUT2D eigenvalue weighted by molar-refractivity contribution is -0.130. The fourth-order valence-corrected chi connectivity index (χ4v) is 1.41. The lowest BCUT2D eigenvalue weighted by Crippen LogP contribution is -2.26. The summed E-state index contributed by atoms with van der Waals surface area (Å²) < 4.78 is 13.3. The molecule has 1 aromatic rings. The minimum atomic E-state index is -0.277. The van der Waals surface area contributed by atoms with Crippen LogP contribution in [0.2, 0.25) is 0 Å². The first-order chi connectivity index (χ1) is 7.65. The average molecular weight is 261 g/mol. The van der Waals surface area contributed by atoms with Crippen LogP contribution in [0, 0.1) is 5.82 Å². The van der Waals surface area contributed by atoms with Crippen molar-refractivity contribution >= 4 is 18.3 Å². The van der Waals surface area contributed by atoms with E-state index >= 15 is 0 Å². The van der Waals surface area contributed by atoms with Crippen molar-refractivity contribution < 1.29 is 9.18 Å². The predicted octanol–water partition coefficient (Wildman–Crippen LogP) is 1.94. The van der Waals surface area contributed by atoms with Crippen molar-refractivity contribution in [1.82, 2.24) is 4.90 Å². The van der Waals surface area contributed by atoms with E-state index in [1.54, 1.807) is 25.2 Å². The van der Waals surface area contributed by atoms with E-state index in [-0.39, 0.29) is 24.1 Å². The molecule has 0 aliphatic rings. The number of benzene rings is 1. The van der Waals surface area contributed by atoms with Crippen molar-refractivity contribution in [1.29, 1.82) is 0 Å². The van der Waals surface area contributed by atoms with Crippen molar-refractivity contribution in [3.63, 3.8) is 0 Å². The quantitative estimate of drug-likeness (QED) is 0.880. The largest absolute Gasteiger partial charge is 0.341 e. The smallest absolute Gasteiger partial charge is 0.222 e. The molecule has 0 saturated carbocycles. The van der Waals surface area contributed by atoms with Gasteiger partial charge in [0, 0.05) is 25.6 Å². The van der Waals surface area contributed by atoms with E-state index < -0.39 is 0 Å². The van der Waals surface area contributed by atoms with E-state index in [1.165, 1.54) is 11.0 Å². The van der Waals surface area contributed by atoms with Gasteiger partial charge in [-0.15, -0.1) is 12.4 Å². The zero-order valence-corrected chi connectivity index (χ0v) is 10.7. The molecule has 0 aliphatic carbocycles. The van der Waals surface area contributed by atoms with E-state index in [9.17, 15) is 9.18 Å². The Balaban J connectivity index is 0.00000256. The maximum Gasteiger partial charge on any atom is 0.222 e. The number of hydrogen-bond donors (Lipinski definition) is 1. The van der Waals surface area contributed by atoms with Crippen LogP contribution in [-0.2, 0) is 11.3 Å². The molecule has 1 amide bonds. The lowest BCUT2D eigenvalue weighted by Gasteiger charge is -2.17. The van der Waals surface area contributed by atoms with E-state index in [0.29, 0.717) is 31.5 Å². The molecule has 0 atom stereocenters. The number of carbonyl (C=O) groups excluding carboxylic acids is 1. The Morgan fingerprint density at radius 2 is 2.06 bits per heavy atom. The molecular formula is C12H18ClFN2O. The highest BCUT2D eigenvalue weighted by molar-refractivity contribution is 5.85. The van der Waals surface area contributed by atoms with Crippen molar-refractivity contribution in [2.24, 2.45) is 5.73 Å². The number of amides is 1. The van der Waals surface area contributed by atoms with E-state index in [4.69, 9.17) is 5.73 Å². The summed E-state index contributed by atoms with van der Waals surface area (Å²) >= 11 is 0. The Morgan fingerprint density at radius 1 is 1.41 bits per heavy atom. The van der Waals surface area contributed by atoms with Gasteiger partial charge in [0.25, 0.3) is 0 Å². The average Bonchev–Trinajstić information content (AvgIpc) is 2.28. The molecule has 0 heterocycles. The maximum absolute atomic E-state index is 13.3. The standard InChI is InChI=1S/C12H17FN2O.ClH/c1-15(12(16)7-4-8-14)9-10-5-2-3-6-11(10)13;/h2-3,5-6H,4,7-9,14H2,1H3;1H. The highest BCUT2D eigenvalue weighted by Crippen LogP contribution is 2.09. The lowest BCUT2D eigenvalue weighted by atomic mass is 10.2. The topological polar surface area (TPSA) is 46.3 Å². The van der Waals surface area contributed by atoms with Crippen LogP contribution in [0.15, 0.2) is 24.3 Å². The van der Waals surface area contributed by atoms with Crippen molar-refractivity contribution in [2.45, 2.75) is 19.4 Å². The molecule has 0 spiro atoms. The van der Waals surface area contributed by atoms with Gasteiger partial charge in [0.15, 0.2) is 0 Å². The third kappa shape index (κ3) is 5.15. The van der Waals surface area contributed by atoms with Crippen LogP contribution in [-0.4, -0.2) is 24.4 Å². The van der Waals surface area contributed by atoms with Gasteiger partial charge >= 0.3 is 0 Å². The van der Waals surface area contributed by atoms with Gasteiger partial charge in [-0.25, -0.2) is 4.39 Å². The monoisotopic (exact) mass is 260 g/mol. The minimum Gasteiger partial charge on any atom is -0.341 e. The van der Waals surface area contributed by atoms with E-state index in [1.807, 2.05) is 0 Å². The van der Waals surface area contributed by atoms with Crippen molar-refractivity contribution in [3.05, 3.63) is 35.6 Å². The molecule has 0 aromatic heterocycles. The fraction of sp³-hybridized carbons (Fsp3) is 0.417. The number of carbonyl (C=O) groups is 1. The summed E-state index contributed by atoms with van der Waals surface area (Å²) in [6.45, 7) is 0.801. The van der Waals surface area contributed by atoms with Gasteiger partial charge < -0.3 is 10.6 Å². The van der Waals surface area contributed by atoms with Gasteiger partial charge in [0.05, 0.1) is 0 Å². The molecule has 2 N–H and O–H groups in total. The van der Waals surface area contributed by atoms with Crippen LogP contribution >= 0.6 is 12.4 Å². The summed E-state index contributed by atoms with van der Waals surface area (Å²) in [7, 11) is 1.67. The number of nitrogens with two attached hydrogens (primary N) is 1. The normalized spacial score (nSPS) is 9.59. The van der Waals surface area contributed by atoms with Crippen molar-refractivity contribution in [2.75, 3.05) is 13.6 Å². The van der Waals surface area contributed by atoms with Gasteiger partial charge in [-0.1, -0.05) is 18.2 Å². The number of nitrogens with zero attached hydrogens (tertiary/aromatic N) is 1. The molecule has 96 valence electrons. The molecular weight excluding hydrogens is 243 g/mol. The molecule has 0 bridgehead atoms. The minimum absolute atomic E-state index is 0. The molecule has 0 aliphatic heterocycles. The second kappa shape index (κ2) is 8.03. The summed E-state index contributed by atoms with van der Waals surface area (Å²) in [5.41, 5.74) is 5.86. The summed E-state index contributed by atoms with van der Waals surface area (Å²) in [6.07, 6.45) is 1.09. The Labute approximate surface area is 107 Å². The second-order valence-corrected chi connectivity index (χ2v) is 3.73. The molecule has 17 heavy (non-hydrogen) atoms. The summed E-state index contributed by atoms with van der Waals surface area (Å²) in [5, 5.41) is 0. The van der Waals surface area contributed by atoms with Gasteiger partial charge in [-0.2, -0.15) is 0 Å². The third-order valence-corrected chi connectivity index (χ3v) is 2.39. The summed E-state index contributed by atoms with van der Waals surface area (Å²) in [4.78, 5) is 13.1. The van der Waals surface area contributed by atoms with Crippen LogP contribution in [0.1, 0.15) is 18.4 Å². The second-order valence-electron chi connectivity index (χ2n) is 3.73. The SMILES string of the molecule is CN(Cc1ccccc1F)C(=O)CCCN.Cl. The molecule has 5 heteroatoms. The highest BCUT2D eigenvalue weighted by Gasteiger charge is 2.10. The van der Waals surface area contributed by atoms with Gasteiger partial charge in [0.1, 0.15) is 5.82 Å². The fourth-order valence-electron chi connectivity index (χ4n) is 1.41. The molecule has 0 saturated heterocycles. The first-order valence-corrected chi connectivity index (χ1v) is 5.32. The van der Waals surface area contributed by atoms with Crippen LogP contribution in [0.5, 0.6) is 0 Å². The van der Waals surface area contributed by atoms with E-state index in [0.717, 1.165) is 0 Å². The number of halogens is 2. The Morgan fingerprint density at radius 3 is 2.65 bits per heavy atom. The molecule has 0 radical (unpaired) electrons. The molecule has 0 fully saturated rings. The zero-order chi connectivity index (χ0) is 12.0. The third-order valence-electron chi connectivity index (χ3n) is 2.39. The predicted molar refractivity (Wildman–Crippen MR) is 68.4 cm³/mol. The summed E-state index contributed by atoms with van der Waals surface area (Å²) in [6, 6.07) is 6.47. The molecule has 3 nitrogen and oxygen atoms in total. The highest BCUT2D eigenvalue weighted by atomic mass is 35.5. The number of hydrogen-bond acceptors (Lipinski definition) is 2. The zero-order valence-electron chi connectivity index (χ0n) is 9.86. The number of rotatable bonds is 5. The first kappa shape index (κ1) is 15.9. The Kier molecular flexibility index (Phi) is 7.50. The van der Waals surface area contributed by atoms with Crippen LogP contribution < -0.4 is 5.73 Å².